The molecule has 1 aliphatic rings. The maximum Gasteiger partial charge on any atom is 0.124 e. The second-order valence-electron chi connectivity index (χ2n) is 4.11. The monoisotopic (exact) mass is 214 g/mol. The van der Waals surface area contributed by atoms with E-state index in [9.17, 15) is 4.79 Å². The van der Waals surface area contributed by atoms with Gasteiger partial charge < -0.3 is 9.69 Å². The molecule has 3 nitrogen and oxygen atoms in total. The average molecular weight is 214 g/mol. The van der Waals surface area contributed by atoms with Crippen molar-refractivity contribution in [1.29, 1.82) is 5.26 Å². The van der Waals surface area contributed by atoms with Crippen molar-refractivity contribution < 1.29 is 4.79 Å². The predicted molar refractivity (Wildman–Crippen MR) is 62.2 cm³/mol. The van der Waals surface area contributed by atoms with E-state index >= 15 is 0 Å². The van der Waals surface area contributed by atoms with Crippen LogP contribution < -0.4 is 4.90 Å². The summed E-state index contributed by atoms with van der Waals surface area (Å²) in [4.78, 5) is 12.9. The minimum atomic E-state index is 0.112. The highest BCUT2D eigenvalue weighted by Gasteiger charge is 2.20. The highest BCUT2D eigenvalue weighted by molar-refractivity contribution is 5.62. The lowest BCUT2D eigenvalue weighted by atomic mass is 9.98. The number of rotatable bonds is 2. The van der Waals surface area contributed by atoms with Crippen LogP contribution in [0, 0.1) is 17.2 Å². The second kappa shape index (κ2) is 4.80. The Bertz CT molecular complexity index is 422. The molecule has 1 heterocycles. The maximum atomic E-state index is 10.8. The van der Waals surface area contributed by atoms with Gasteiger partial charge in [0.2, 0.25) is 0 Å². The summed E-state index contributed by atoms with van der Waals surface area (Å²) >= 11 is 0. The molecule has 1 aromatic carbocycles. The van der Waals surface area contributed by atoms with Gasteiger partial charge in [0, 0.05) is 19.0 Å². The summed E-state index contributed by atoms with van der Waals surface area (Å²) < 4.78 is 0. The first-order valence-corrected chi connectivity index (χ1v) is 5.54. The number of aldehydes is 1. The standard InChI is InChI=1S/C13H14N2O/c14-8-12-5-1-2-6-13(12)15-7-3-4-11(9-15)10-16/h1-2,5-6,10-11H,3-4,7,9H2. The number of anilines is 1. The van der Waals surface area contributed by atoms with Crippen LogP contribution in [0.1, 0.15) is 18.4 Å². The van der Waals surface area contributed by atoms with E-state index in [1.807, 2.05) is 24.3 Å². The van der Waals surface area contributed by atoms with Crippen LogP contribution in [-0.4, -0.2) is 19.4 Å². The van der Waals surface area contributed by atoms with E-state index < -0.39 is 0 Å². The van der Waals surface area contributed by atoms with Crippen molar-refractivity contribution in [2.75, 3.05) is 18.0 Å². The van der Waals surface area contributed by atoms with Crippen molar-refractivity contribution in [2.24, 2.45) is 5.92 Å². The lowest BCUT2D eigenvalue weighted by molar-refractivity contribution is -0.111. The molecule has 1 atom stereocenters. The summed E-state index contributed by atoms with van der Waals surface area (Å²) in [6.45, 7) is 1.67. The Kier molecular flexibility index (Phi) is 3.21. The molecule has 0 spiro atoms. The van der Waals surface area contributed by atoms with E-state index in [2.05, 4.69) is 11.0 Å². The lowest BCUT2D eigenvalue weighted by Gasteiger charge is -2.32. The summed E-state index contributed by atoms with van der Waals surface area (Å²) in [5.74, 6) is 0.112. The molecule has 1 aliphatic heterocycles. The maximum absolute atomic E-state index is 10.8. The Morgan fingerprint density at radius 3 is 3.00 bits per heavy atom. The van der Waals surface area contributed by atoms with E-state index in [4.69, 9.17) is 5.26 Å². The van der Waals surface area contributed by atoms with Crippen LogP contribution in [0.25, 0.3) is 0 Å². The molecule has 0 bridgehead atoms. The Balaban J connectivity index is 2.23. The fourth-order valence-corrected chi connectivity index (χ4v) is 2.18. The number of nitriles is 1. The summed E-state index contributed by atoms with van der Waals surface area (Å²) in [5, 5.41) is 9.03. The number of carbonyl (C=O) groups excluding carboxylic acids is 1. The molecule has 82 valence electrons. The Hall–Kier alpha value is -1.82. The van der Waals surface area contributed by atoms with E-state index in [0.717, 1.165) is 37.9 Å². The molecule has 1 aromatic rings. The first-order chi connectivity index (χ1) is 7.85. The average Bonchev–Trinajstić information content (AvgIpc) is 2.38. The zero-order valence-corrected chi connectivity index (χ0v) is 9.10. The van der Waals surface area contributed by atoms with Crippen molar-refractivity contribution in [2.45, 2.75) is 12.8 Å². The van der Waals surface area contributed by atoms with E-state index in [-0.39, 0.29) is 5.92 Å². The largest absolute Gasteiger partial charge is 0.370 e. The minimum absolute atomic E-state index is 0.112. The van der Waals surface area contributed by atoms with Gasteiger partial charge in [-0.05, 0) is 25.0 Å². The van der Waals surface area contributed by atoms with Crippen LogP contribution in [0.15, 0.2) is 24.3 Å². The van der Waals surface area contributed by atoms with Crippen molar-refractivity contribution in [1.82, 2.24) is 0 Å². The van der Waals surface area contributed by atoms with Crippen molar-refractivity contribution >= 4 is 12.0 Å². The second-order valence-corrected chi connectivity index (χ2v) is 4.11. The van der Waals surface area contributed by atoms with E-state index in [1.54, 1.807) is 0 Å². The third-order valence-corrected chi connectivity index (χ3v) is 3.02. The number of hydrogen-bond acceptors (Lipinski definition) is 3. The molecule has 2 rings (SSSR count). The Labute approximate surface area is 95.3 Å². The van der Waals surface area contributed by atoms with Gasteiger partial charge in [0.15, 0.2) is 0 Å². The zero-order chi connectivity index (χ0) is 11.4. The number of piperidine rings is 1. The molecule has 0 saturated carbocycles. The van der Waals surface area contributed by atoms with Crippen LogP contribution in [-0.2, 0) is 4.79 Å². The highest BCUT2D eigenvalue weighted by Crippen LogP contribution is 2.25. The van der Waals surface area contributed by atoms with Gasteiger partial charge in [-0.15, -0.1) is 0 Å². The predicted octanol–water partition coefficient (Wildman–Crippen LogP) is 1.97. The quantitative estimate of drug-likeness (QED) is 0.707. The fourth-order valence-electron chi connectivity index (χ4n) is 2.18. The number of hydrogen-bond donors (Lipinski definition) is 0. The van der Waals surface area contributed by atoms with Gasteiger partial charge in [0.05, 0.1) is 11.3 Å². The summed E-state index contributed by atoms with van der Waals surface area (Å²) in [6.07, 6.45) is 3.01. The molecule has 16 heavy (non-hydrogen) atoms. The SMILES string of the molecule is N#Cc1ccccc1N1CCCC(C=O)C1. The van der Waals surface area contributed by atoms with Crippen LogP contribution in [0.4, 0.5) is 5.69 Å². The Morgan fingerprint density at radius 1 is 1.44 bits per heavy atom. The van der Waals surface area contributed by atoms with Crippen LogP contribution in [0.5, 0.6) is 0 Å². The topological polar surface area (TPSA) is 44.1 Å². The van der Waals surface area contributed by atoms with Crippen LogP contribution in [0.2, 0.25) is 0 Å². The van der Waals surface area contributed by atoms with Gasteiger partial charge in [0.25, 0.3) is 0 Å². The highest BCUT2D eigenvalue weighted by atomic mass is 16.1. The summed E-state index contributed by atoms with van der Waals surface area (Å²) in [5.41, 5.74) is 1.64. The summed E-state index contributed by atoms with van der Waals surface area (Å²) in [6, 6.07) is 9.76. The normalized spacial score (nSPS) is 20.2. The zero-order valence-electron chi connectivity index (χ0n) is 9.10. The van der Waals surface area contributed by atoms with Crippen molar-refractivity contribution in [3.8, 4) is 6.07 Å². The lowest BCUT2D eigenvalue weighted by Crippen LogP contribution is -2.36. The number of para-hydroxylation sites is 1. The molecule has 0 aliphatic carbocycles. The van der Waals surface area contributed by atoms with E-state index in [0.29, 0.717) is 5.56 Å². The molecule has 3 heteroatoms. The molecule has 1 unspecified atom stereocenters. The van der Waals surface area contributed by atoms with Gasteiger partial charge >= 0.3 is 0 Å². The van der Waals surface area contributed by atoms with Crippen molar-refractivity contribution in [3.05, 3.63) is 29.8 Å². The third kappa shape index (κ3) is 2.06. The number of nitrogens with zero attached hydrogens (tertiary/aromatic N) is 2. The molecular weight excluding hydrogens is 200 g/mol. The molecule has 0 amide bonds. The minimum Gasteiger partial charge on any atom is -0.370 e. The van der Waals surface area contributed by atoms with Crippen LogP contribution >= 0.6 is 0 Å². The number of benzene rings is 1. The van der Waals surface area contributed by atoms with Gasteiger partial charge in [-0.2, -0.15) is 5.26 Å². The van der Waals surface area contributed by atoms with Gasteiger partial charge in [0.1, 0.15) is 12.4 Å². The molecular formula is C13H14N2O. The molecule has 0 radical (unpaired) electrons. The van der Waals surface area contributed by atoms with Gasteiger partial charge in [-0.25, -0.2) is 0 Å². The first kappa shape index (κ1) is 10.7. The van der Waals surface area contributed by atoms with Gasteiger partial charge in [-0.3, -0.25) is 0 Å². The van der Waals surface area contributed by atoms with Crippen molar-refractivity contribution in [3.63, 3.8) is 0 Å². The van der Waals surface area contributed by atoms with E-state index in [1.165, 1.54) is 0 Å². The fraction of sp³-hybridized carbons (Fsp3) is 0.385. The molecule has 1 saturated heterocycles. The molecule has 1 fully saturated rings. The Morgan fingerprint density at radius 2 is 2.25 bits per heavy atom. The smallest absolute Gasteiger partial charge is 0.124 e. The number of carbonyl (C=O) groups is 1. The molecule has 0 N–H and O–H groups in total. The van der Waals surface area contributed by atoms with Crippen LogP contribution in [0.3, 0.4) is 0 Å². The first-order valence-electron chi connectivity index (χ1n) is 5.54. The molecule has 0 aromatic heterocycles. The summed E-state index contributed by atoms with van der Waals surface area (Å²) in [7, 11) is 0. The third-order valence-electron chi connectivity index (χ3n) is 3.02. The van der Waals surface area contributed by atoms with Gasteiger partial charge in [-0.1, -0.05) is 12.1 Å².